The molecule has 0 saturated heterocycles. The van der Waals surface area contributed by atoms with E-state index in [0.717, 1.165) is 6.42 Å². The molecule has 0 aromatic carbocycles. The van der Waals surface area contributed by atoms with Gasteiger partial charge in [-0.15, -0.1) is 0 Å². The summed E-state index contributed by atoms with van der Waals surface area (Å²) in [5.41, 5.74) is 0. The van der Waals surface area contributed by atoms with Crippen molar-refractivity contribution in [2.75, 3.05) is 5.32 Å². The molecule has 2 aromatic heterocycles. The fourth-order valence-corrected chi connectivity index (χ4v) is 2.22. The summed E-state index contributed by atoms with van der Waals surface area (Å²) in [6, 6.07) is 2.10. The molecule has 0 radical (unpaired) electrons. The van der Waals surface area contributed by atoms with Crippen LogP contribution in [0.25, 0.3) is 5.95 Å². The highest BCUT2D eigenvalue weighted by Gasteiger charge is 2.09. The van der Waals surface area contributed by atoms with E-state index in [2.05, 4.69) is 39.2 Å². The van der Waals surface area contributed by atoms with Gasteiger partial charge in [0.1, 0.15) is 0 Å². The molecule has 0 amide bonds. The van der Waals surface area contributed by atoms with Crippen LogP contribution in [0.15, 0.2) is 18.5 Å². The van der Waals surface area contributed by atoms with Crippen LogP contribution in [-0.4, -0.2) is 30.8 Å². The second-order valence-electron chi connectivity index (χ2n) is 5.07. The largest absolute Gasteiger partial charge is 0.352 e. The van der Waals surface area contributed by atoms with Gasteiger partial charge < -0.3 is 5.32 Å². The number of hydrogen-bond donors (Lipinski definition) is 1. The first-order valence-corrected chi connectivity index (χ1v) is 7.75. The standard InChI is InChI=1S/C14H21ClN6/c1-3-4-5-6-8-11(2)17-13-18-12(15)19-14(20-13)21-10-7-9-16-21/h7,9-11H,3-6,8H2,1-2H3,(H,17,18,19,20). The summed E-state index contributed by atoms with van der Waals surface area (Å²) in [5.74, 6) is 0.907. The van der Waals surface area contributed by atoms with Crippen LogP contribution in [0.3, 0.4) is 0 Å². The molecule has 0 spiro atoms. The van der Waals surface area contributed by atoms with Crippen LogP contribution >= 0.6 is 11.6 Å². The molecule has 2 aromatic rings. The molecule has 0 aliphatic carbocycles. The Morgan fingerprint density at radius 3 is 2.81 bits per heavy atom. The molecular weight excluding hydrogens is 288 g/mol. The molecule has 1 N–H and O–H groups in total. The van der Waals surface area contributed by atoms with Crippen molar-refractivity contribution in [1.29, 1.82) is 0 Å². The van der Waals surface area contributed by atoms with E-state index in [9.17, 15) is 0 Å². The van der Waals surface area contributed by atoms with Gasteiger partial charge in [-0.25, -0.2) is 4.68 Å². The molecule has 6 nitrogen and oxygen atoms in total. The monoisotopic (exact) mass is 308 g/mol. The van der Waals surface area contributed by atoms with Gasteiger partial charge in [-0.05, 0) is 31.0 Å². The van der Waals surface area contributed by atoms with Gasteiger partial charge in [-0.1, -0.05) is 32.6 Å². The van der Waals surface area contributed by atoms with Crippen LogP contribution in [0.1, 0.15) is 46.0 Å². The van der Waals surface area contributed by atoms with Gasteiger partial charge in [-0.2, -0.15) is 20.1 Å². The van der Waals surface area contributed by atoms with Gasteiger partial charge in [0.25, 0.3) is 5.95 Å². The average molecular weight is 309 g/mol. The normalized spacial score (nSPS) is 12.3. The number of nitrogens with one attached hydrogen (secondary N) is 1. The first-order chi connectivity index (χ1) is 10.2. The Hall–Kier alpha value is -1.69. The van der Waals surface area contributed by atoms with Crippen LogP contribution in [0, 0.1) is 0 Å². The summed E-state index contributed by atoms with van der Waals surface area (Å²) in [4.78, 5) is 12.5. The van der Waals surface area contributed by atoms with E-state index in [1.54, 1.807) is 23.1 Å². The van der Waals surface area contributed by atoms with Crippen molar-refractivity contribution in [3.8, 4) is 5.95 Å². The number of anilines is 1. The molecule has 0 fully saturated rings. The van der Waals surface area contributed by atoms with Gasteiger partial charge in [0.15, 0.2) is 0 Å². The zero-order chi connectivity index (χ0) is 15.1. The Kier molecular flexibility index (Phi) is 5.92. The zero-order valence-electron chi connectivity index (χ0n) is 12.5. The summed E-state index contributed by atoms with van der Waals surface area (Å²) in [6.07, 6.45) is 9.52. The predicted molar refractivity (Wildman–Crippen MR) is 83.8 cm³/mol. The van der Waals surface area contributed by atoms with E-state index in [-0.39, 0.29) is 5.28 Å². The third-order valence-corrected chi connectivity index (χ3v) is 3.34. The van der Waals surface area contributed by atoms with Crippen LogP contribution in [0.5, 0.6) is 0 Å². The van der Waals surface area contributed by atoms with Crippen molar-refractivity contribution >= 4 is 17.5 Å². The van der Waals surface area contributed by atoms with Crippen molar-refractivity contribution in [2.45, 2.75) is 52.0 Å². The molecule has 0 aliphatic heterocycles. The van der Waals surface area contributed by atoms with Crippen LogP contribution in [0.2, 0.25) is 5.28 Å². The summed E-state index contributed by atoms with van der Waals surface area (Å²) < 4.78 is 1.56. The van der Waals surface area contributed by atoms with Gasteiger partial charge in [0, 0.05) is 18.4 Å². The van der Waals surface area contributed by atoms with Crippen LogP contribution in [-0.2, 0) is 0 Å². The average Bonchev–Trinajstić information content (AvgIpc) is 2.97. The minimum Gasteiger partial charge on any atom is -0.352 e. The molecular formula is C14H21ClN6. The maximum absolute atomic E-state index is 5.95. The smallest absolute Gasteiger partial charge is 0.256 e. The van der Waals surface area contributed by atoms with E-state index in [0.29, 0.717) is 17.9 Å². The van der Waals surface area contributed by atoms with E-state index in [1.165, 1.54) is 25.7 Å². The zero-order valence-corrected chi connectivity index (χ0v) is 13.2. The third-order valence-electron chi connectivity index (χ3n) is 3.17. The van der Waals surface area contributed by atoms with E-state index in [4.69, 9.17) is 11.6 Å². The van der Waals surface area contributed by atoms with Gasteiger partial charge in [0.2, 0.25) is 11.2 Å². The first-order valence-electron chi connectivity index (χ1n) is 7.37. The Labute approximate surface area is 130 Å². The second-order valence-corrected chi connectivity index (χ2v) is 5.41. The Morgan fingerprint density at radius 1 is 1.24 bits per heavy atom. The lowest BCUT2D eigenvalue weighted by Crippen LogP contribution is -2.18. The van der Waals surface area contributed by atoms with Crippen molar-refractivity contribution in [3.63, 3.8) is 0 Å². The number of unbranched alkanes of at least 4 members (excludes halogenated alkanes) is 3. The fourth-order valence-electron chi connectivity index (χ4n) is 2.06. The third kappa shape index (κ3) is 4.97. The minimum atomic E-state index is 0.163. The SMILES string of the molecule is CCCCCCC(C)Nc1nc(Cl)nc(-n2cccn2)n1. The molecule has 7 heteroatoms. The molecule has 21 heavy (non-hydrogen) atoms. The molecule has 0 aliphatic rings. The molecule has 0 bridgehead atoms. The van der Waals surface area contributed by atoms with Gasteiger partial charge >= 0.3 is 0 Å². The molecule has 114 valence electrons. The highest BCUT2D eigenvalue weighted by Crippen LogP contribution is 2.12. The summed E-state index contributed by atoms with van der Waals surface area (Å²) in [5, 5.41) is 7.53. The topological polar surface area (TPSA) is 68.5 Å². The predicted octanol–water partition coefficient (Wildman–Crippen LogP) is 3.48. The molecule has 1 atom stereocenters. The lowest BCUT2D eigenvalue weighted by Gasteiger charge is -2.14. The molecule has 0 saturated carbocycles. The Balaban J connectivity index is 1.97. The second kappa shape index (κ2) is 7.93. The quantitative estimate of drug-likeness (QED) is 0.756. The summed E-state index contributed by atoms with van der Waals surface area (Å²) >= 11 is 5.95. The van der Waals surface area contributed by atoms with Crippen LogP contribution in [0.4, 0.5) is 5.95 Å². The Bertz CT molecular complexity index is 542. The number of aromatic nitrogens is 5. The van der Waals surface area contributed by atoms with E-state index < -0.39 is 0 Å². The molecule has 2 rings (SSSR count). The highest BCUT2D eigenvalue weighted by molar-refractivity contribution is 6.28. The van der Waals surface area contributed by atoms with E-state index >= 15 is 0 Å². The number of hydrogen-bond acceptors (Lipinski definition) is 5. The number of rotatable bonds is 8. The maximum atomic E-state index is 5.95. The molecule has 2 heterocycles. The Morgan fingerprint density at radius 2 is 2.10 bits per heavy atom. The lowest BCUT2D eigenvalue weighted by molar-refractivity contribution is 0.591. The summed E-state index contributed by atoms with van der Waals surface area (Å²) in [7, 11) is 0. The number of halogens is 1. The van der Waals surface area contributed by atoms with Gasteiger partial charge in [0.05, 0.1) is 0 Å². The lowest BCUT2D eigenvalue weighted by atomic mass is 10.1. The van der Waals surface area contributed by atoms with E-state index in [1.807, 2.05) is 0 Å². The van der Waals surface area contributed by atoms with Crippen LogP contribution < -0.4 is 5.32 Å². The highest BCUT2D eigenvalue weighted by atomic mass is 35.5. The number of nitrogens with zero attached hydrogens (tertiary/aromatic N) is 5. The minimum absolute atomic E-state index is 0.163. The summed E-state index contributed by atoms with van der Waals surface area (Å²) in [6.45, 7) is 4.34. The van der Waals surface area contributed by atoms with Crippen molar-refractivity contribution in [3.05, 3.63) is 23.7 Å². The van der Waals surface area contributed by atoms with Crippen molar-refractivity contribution in [2.24, 2.45) is 0 Å². The van der Waals surface area contributed by atoms with Crippen molar-refractivity contribution < 1.29 is 0 Å². The molecule has 1 unspecified atom stereocenters. The van der Waals surface area contributed by atoms with Gasteiger partial charge in [-0.3, -0.25) is 0 Å². The fraction of sp³-hybridized carbons (Fsp3) is 0.571. The first kappa shape index (κ1) is 15.7. The maximum Gasteiger partial charge on any atom is 0.256 e. The van der Waals surface area contributed by atoms with Crippen molar-refractivity contribution in [1.82, 2.24) is 24.7 Å².